The molecule has 0 amide bonds. The molecule has 0 aliphatic rings. The van der Waals surface area contributed by atoms with Gasteiger partial charge >= 0.3 is 10.1 Å². The third kappa shape index (κ3) is 3.13. The van der Waals surface area contributed by atoms with Crippen molar-refractivity contribution in [2.45, 2.75) is 38.5 Å². The van der Waals surface area contributed by atoms with Crippen molar-refractivity contribution < 1.29 is 12.6 Å². The number of halogens is 1. The predicted octanol–water partition coefficient (Wildman–Crippen LogP) is 3.58. The van der Waals surface area contributed by atoms with Gasteiger partial charge in [-0.05, 0) is 37.0 Å². The van der Waals surface area contributed by atoms with Gasteiger partial charge in [0.2, 0.25) is 0 Å². The molecule has 0 aliphatic heterocycles. The smallest absolute Gasteiger partial charge is 0.344 e. The summed E-state index contributed by atoms with van der Waals surface area (Å²) in [7, 11) is -2.45. The number of hydrogen-bond acceptors (Lipinski definition) is 4. The zero-order chi connectivity index (χ0) is 16.7. The Labute approximate surface area is 136 Å². The number of hydrogen-bond donors (Lipinski definition) is 0. The molecule has 1 aromatic carbocycles. The molecular formula is C15H19ClN2O3S. The molecule has 5 nitrogen and oxygen atoms in total. The molecule has 0 radical (unpaired) electrons. The highest BCUT2D eigenvalue weighted by atomic mass is 35.5. The number of benzene rings is 1. The monoisotopic (exact) mass is 342 g/mol. The summed E-state index contributed by atoms with van der Waals surface area (Å²) in [6, 6.07) is 5.55. The van der Waals surface area contributed by atoms with Crippen molar-refractivity contribution in [1.82, 2.24) is 9.78 Å². The number of rotatable bonds is 4. The summed E-state index contributed by atoms with van der Waals surface area (Å²) in [4.78, 5) is -0.0917. The Hall–Kier alpha value is -1.53. The fraction of sp³-hybridized carbons (Fsp3) is 0.400. The first-order valence-corrected chi connectivity index (χ1v) is 8.66. The van der Waals surface area contributed by atoms with Crippen LogP contribution in [0.4, 0.5) is 0 Å². The average molecular weight is 343 g/mol. The molecule has 1 aromatic heterocycles. The molecule has 2 aromatic rings. The van der Waals surface area contributed by atoms with Crippen LogP contribution >= 0.6 is 11.6 Å². The first-order valence-electron chi connectivity index (χ1n) is 6.87. The maximum absolute atomic E-state index is 12.5. The lowest BCUT2D eigenvalue weighted by Gasteiger charge is -2.12. The van der Waals surface area contributed by atoms with Crippen LogP contribution in [-0.2, 0) is 17.2 Å². The van der Waals surface area contributed by atoms with Gasteiger partial charge in [-0.3, -0.25) is 4.68 Å². The second kappa shape index (κ2) is 5.93. The Morgan fingerprint density at radius 3 is 2.41 bits per heavy atom. The van der Waals surface area contributed by atoms with Gasteiger partial charge in [0, 0.05) is 7.05 Å². The third-order valence-electron chi connectivity index (χ3n) is 3.43. The minimum Gasteiger partial charge on any atom is -0.379 e. The molecule has 0 saturated carbocycles. The fourth-order valence-corrected chi connectivity index (χ4v) is 3.82. The molecule has 0 unspecified atom stereocenters. The summed E-state index contributed by atoms with van der Waals surface area (Å²) in [6.45, 7) is 7.45. The van der Waals surface area contributed by atoms with Gasteiger partial charge in [-0.1, -0.05) is 37.6 Å². The largest absolute Gasteiger partial charge is 0.379 e. The maximum atomic E-state index is 12.5. The molecular weight excluding hydrogens is 324 g/mol. The highest BCUT2D eigenvalue weighted by molar-refractivity contribution is 7.87. The van der Waals surface area contributed by atoms with Crippen molar-refractivity contribution in [1.29, 1.82) is 0 Å². The van der Waals surface area contributed by atoms with E-state index >= 15 is 0 Å². The lowest BCUT2D eigenvalue weighted by molar-refractivity contribution is 0.483. The first-order chi connectivity index (χ1) is 10.1. The summed E-state index contributed by atoms with van der Waals surface area (Å²) in [5.41, 5.74) is 2.06. The third-order valence-corrected chi connectivity index (χ3v) is 5.36. The molecule has 0 atom stereocenters. The van der Waals surface area contributed by atoms with Gasteiger partial charge in [0.15, 0.2) is 4.90 Å². The Morgan fingerprint density at radius 2 is 1.91 bits per heavy atom. The Balaban J connectivity index is 2.47. The highest BCUT2D eigenvalue weighted by Crippen LogP contribution is 2.30. The van der Waals surface area contributed by atoms with Crippen LogP contribution in [0.25, 0.3) is 0 Å². The van der Waals surface area contributed by atoms with Gasteiger partial charge in [-0.15, -0.1) is 0 Å². The fourth-order valence-electron chi connectivity index (χ4n) is 2.12. The lowest BCUT2D eigenvalue weighted by Crippen LogP contribution is -2.12. The minimum atomic E-state index is -4.03. The Morgan fingerprint density at radius 1 is 1.27 bits per heavy atom. The van der Waals surface area contributed by atoms with E-state index in [1.54, 1.807) is 27.0 Å². The zero-order valence-corrected chi connectivity index (χ0v) is 14.8. The molecule has 0 bridgehead atoms. The van der Waals surface area contributed by atoms with Gasteiger partial charge < -0.3 is 4.18 Å². The quantitative estimate of drug-likeness (QED) is 0.797. The SMILES string of the molecule is Cc1ccc(C(C)C)cc1OS(=O)(=O)c1c(C)nn(C)c1Cl. The van der Waals surface area contributed by atoms with Crippen molar-refractivity contribution in [3.63, 3.8) is 0 Å². The van der Waals surface area contributed by atoms with E-state index in [0.717, 1.165) is 11.1 Å². The van der Waals surface area contributed by atoms with Crippen LogP contribution in [0.5, 0.6) is 5.75 Å². The molecule has 0 spiro atoms. The first kappa shape index (κ1) is 16.8. The van der Waals surface area contributed by atoms with Crippen LogP contribution in [-0.4, -0.2) is 18.2 Å². The average Bonchev–Trinajstić information content (AvgIpc) is 2.65. The molecule has 0 aliphatic carbocycles. The van der Waals surface area contributed by atoms with E-state index in [4.69, 9.17) is 15.8 Å². The van der Waals surface area contributed by atoms with Crippen molar-refractivity contribution >= 4 is 21.7 Å². The Bertz CT molecular complexity index is 810. The molecule has 2 rings (SSSR count). The number of nitrogens with zero attached hydrogens (tertiary/aromatic N) is 2. The maximum Gasteiger partial charge on any atom is 0.344 e. The molecule has 0 N–H and O–H groups in total. The van der Waals surface area contributed by atoms with E-state index in [-0.39, 0.29) is 16.0 Å². The highest BCUT2D eigenvalue weighted by Gasteiger charge is 2.28. The van der Waals surface area contributed by atoms with Crippen molar-refractivity contribution in [3.8, 4) is 5.75 Å². The van der Waals surface area contributed by atoms with Gasteiger partial charge in [0.1, 0.15) is 10.9 Å². The van der Waals surface area contributed by atoms with Crippen LogP contribution < -0.4 is 4.18 Å². The molecule has 1 heterocycles. The summed E-state index contributed by atoms with van der Waals surface area (Å²) in [5, 5.41) is 4.05. The van der Waals surface area contributed by atoms with Crippen LogP contribution in [0.3, 0.4) is 0 Å². The zero-order valence-electron chi connectivity index (χ0n) is 13.2. The topological polar surface area (TPSA) is 61.2 Å². The number of aryl methyl sites for hydroxylation is 3. The summed E-state index contributed by atoms with van der Waals surface area (Å²) >= 11 is 6.03. The van der Waals surface area contributed by atoms with E-state index in [9.17, 15) is 8.42 Å². The van der Waals surface area contributed by atoms with Crippen LogP contribution in [0.1, 0.15) is 36.6 Å². The van der Waals surface area contributed by atoms with E-state index < -0.39 is 10.1 Å². The second-order valence-electron chi connectivity index (χ2n) is 5.55. The molecule has 7 heteroatoms. The van der Waals surface area contributed by atoms with E-state index in [1.807, 2.05) is 26.0 Å². The number of aromatic nitrogens is 2. The van der Waals surface area contributed by atoms with E-state index in [1.165, 1.54) is 4.68 Å². The summed E-state index contributed by atoms with van der Waals surface area (Å²) < 4.78 is 31.7. The standard InChI is InChI=1S/C15H19ClN2O3S/c1-9(2)12-7-6-10(3)13(8-12)21-22(19,20)14-11(4)17-18(5)15(14)16/h6-9H,1-5H3. The van der Waals surface area contributed by atoms with Crippen LogP contribution in [0.15, 0.2) is 23.1 Å². The van der Waals surface area contributed by atoms with Gasteiger partial charge in [-0.25, -0.2) is 0 Å². The van der Waals surface area contributed by atoms with Crippen LogP contribution in [0.2, 0.25) is 5.15 Å². The summed E-state index contributed by atoms with van der Waals surface area (Å²) in [5.74, 6) is 0.583. The molecule has 0 saturated heterocycles. The van der Waals surface area contributed by atoms with E-state index in [2.05, 4.69) is 5.10 Å². The molecule has 22 heavy (non-hydrogen) atoms. The normalized spacial score (nSPS) is 12.0. The van der Waals surface area contributed by atoms with Gasteiger partial charge in [0.25, 0.3) is 0 Å². The molecule has 0 fully saturated rings. The van der Waals surface area contributed by atoms with Crippen molar-refractivity contribution in [3.05, 3.63) is 40.2 Å². The predicted molar refractivity (Wildman–Crippen MR) is 86.0 cm³/mol. The van der Waals surface area contributed by atoms with E-state index in [0.29, 0.717) is 11.4 Å². The lowest BCUT2D eigenvalue weighted by atomic mass is 10.0. The summed E-state index contributed by atoms with van der Waals surface area (Å²) in [6.07, 6.45) is 0. The van der Waals surface area contributed by atoms with Crippen LogP contribution in [0, 0.1) is 13.8 Å². The Kier molecular flexibility index (Phi) is 4.54. The molecule has 120 valence electrons. The van der Waals surface area contributed by atoms with Crippen molar-refractivity contribution in [2.24, 2.45) is 7.05 Å². The van der Waals surface area contributed by atoms with Gasteiger partial charge in [-0.2, -0.15) is 13.5 Å². The van der Waals surface area contributed by atoms with Crippen molar-refractivity contribution in [2.75, 3.05) is 0 Å². The van der Waals surface area contributed by atoms with Gasteiger partial charge in [0.05, 0.1) is 5.69 Å². The second-order valence-corrected chi connectivity index (χ2v) is 7.39. The minimum absolute atomic E-state index is 0.0372.